The molecule has 192 valence electrons. The number of aromatic nitrogens is 2. The first kappa shape index (κ1) is 26.1. The van der Waals surface area contributed by atoms with Crippen molar-refractivity contribution in [1.29, 1.82) is 0 Å². The molecule has 1 saturated heterocycles. The quantitative estimate of drug-likeness (QED) is 0.481. The first-order valence-corrected chi connectivity index (χ1v) is 12.3. The average Bonchev–Trinajstić information content (AvgIpc) is 3.17. The summed E-state index contributed by atoms with van der Waals surface area (Å²) in [5.74, 6) is 0.831. The molecule has 0 amide bonds. The Hall–Kier alpha value is -3.01. The predicted octanol–water partition coefficient (Wildman–Crippen LogP) is 3.65. The number of hydrogen-bond donors (Lipinski definition) is 2. The summed E-state index contributed by atoms with van der Waals surface area (Å²) < 4.78 is 31.7. The number of aliphatic hydroxyl groups excluding tert-OH is 1. The lowest BCUT2D eigenvalue weighted by Crippen LogP contribution is -2.44. The number of fused-ring (bicyclic) bond motifs is 1. The SMILES string of the molecule is CCOc1ccc(-c2cc(C=O)c3ccc(F)cc3n2)cn1.CNC1CC(CN2C[C@@H](O)[C@@H](F)C2)C1. The fourth-order valence-corrected chi connectivity index (χ4v) is 4.70. The number of pyridine rings is 2. The van der Waals surface area contributed by atoms with Crippen LogP contribution in [0.25, 0.3) is 22.2 Å². The molecule has 36 heavy (non-hydrogen) atoms. The van der Waals surface area contributed by atoms with Gasteiger partial charge in [0.2, 0.25) is 5.88 Å². The van der Waals surface area contributed by atoms with Gasteiger partial charge in [0.15, 0.2) is 6.29 Å². The van der Waals surface area contributed by atoms with Crippen LogP contribution in [-0.4, -0.2) is 77.9 Å². The molecule has 0 bridgehead atoms. The van der Waals surface area contributed by atoms with E-state index in [4.69, 9.17) is 4.74 Å². The van der Waals surface area contributed by atoms with Gasteiger partial charge in [-0.3, -0.25) is 9.69 Å². The normalized spacial score (nSPS) is 23.6. The van der Waals surface area contributed by atoms with Crippen LogP contribution in [0.5, 0.6) is 5.88 Å². The van der Waals surface area contributed by atoms with Crippen LogP contribution >= 0.6 is 0 Å². The van der Waals surface area contributed by atoms with E-state index in [1.54, 1.807) is 30.5 Å². The number of ether oxygens (including phenoxy) is 1. The maximum absolute atomic E-state index is 13.4. The fourth-order valence-electron chi connectivity index (χ4n) is 4.70. The Labute approximate surface area is 209 Å². The van der Waals surface area contributed by atoms with Gasteiger partial charge in [0.05, 0.1) is 23.9 Å². The number of aldehydes is 1. The van der Waals surface area contributed by atoms with Crippen molar-refractivity contribution in [3.63, 3.8) is 0 Å². The van der Waals surface area contributed by atoms with E-state index in [1.165, 1.54) is 25.0 Å². The number of hydrogen-bond acceptors (Lipinski definition) is 7. The van der Waals surface area contributed by atoms with Crippen molar-refractivity contribution in [2.24, 2.45) is 5.92 Å². The molecule has 3 heterocycles. The molecule has 0 spiro atoms. The monoisotopic (exact) mass is 498 g/mol. The van der Waals surface area contributed by atoms with Gasteiger partial charge in [-0.15, -0.1) is 0 Å². The molecular formula is C27H32F2N4O3. The molecule has 0 radical (unpaired) electrons. The molecule has 1 aromatic carbocycles. The van der Waals surface area contributed by atoms with E-state index < -0.39 is 12.3 Å². The van der Waals surface area contributed by atoms with E-state index in [0.717, 1.165) is 18.4 Å². The van der Waals surface area contributed by atoms with Crippen molar-refractivity contribution in [3.05, 3.63) is 54.0 Å². The van der Waals surface area contributed by atoms with Gasteiger partial charge in [-0.2, -0.15) is 0 Å². The molecule has 2 atom stereocenters. The number of halogens is 2. The topological polar surface area (TPSA) is 87.6 Å². The van der Waals surface area contributed by atoms with Gasteiger partial charge >= 0.3 is 0 Å². The first-order valence-electron chi connectivity index (χ1n) is 12.3. The summed E-state index contributed by atoms with van der Waals surface area (Å²) in [4.78, 5) is 21.9. The lowest BCUT2D eigenvalue weighted by atomic mass is 9.80. The highest BCUT2D eigenvalue weighted by Crippen LogP contribution is 2.29. The highest BCUT2D eigenvalue weighted by Gasteiger charge is 2.35. The van der Waals surface area contributed by atoms with Gasteiger partial charge in [-0.05, 0) is 57.0 Å². The summed E-state index contributed by atoms with van der Waals surface area (Å²) in [7, 11) is 1.98. The van der Waals surface area contributed by atoms with E-state index in [-0.39, 0.29) is 5.82 Å². The Balaban J connectivity index is 0.000000187. The molecular weight excluding hydrogens is 466 g/mol. The lowest BCUT2D eigenvalue weighted by molar-refractivity contribution is 0.112. The molecule has 2 N–H and O–H groups in total. The summed E-state index contributed by atoms with van der Waals surface area (Å²) in [5.41, 5.74) is 2.20. The second-order valence-corrected chi connectivity index (χ2v) is 9.32. The number of aliphatic hydroxyl groups is 1. The highest BCUT2D eigenvalue weighted by atomic mass is 19.1. The summed E-state index contributed by atoms with van der Waals surface area (Å²) in [6.45, 7) is 4.31. The van der Waals surface area contributed by atoms with E-state index >= 15 is 0 Å². The summed E-state index contributed by atoms with van der Waals surface area (Å²) in [5, 5.41) is 13.1. The number of likely N-dealkylation sites (tertiary alicyclic amines) is 1. The Morgan fingerprint density at radius 3 is 2.64 bits per heavy atom. The summed E-state index contributed by atoms with van der Waals surface area (Å²) in [6, 6.07) is 10.1. The van der Waals surface area contributed by atoms with Crippen molar-refractivity contribution < 1.29 is 23.4 Å². The third kappa shape index (κ3) is 6.21. The molecule has 0 unspecified atom stereocenters. The second kappa shape index (κ2) is 11.8. The predicted molar refractivity (Wildman–Crippen MR) is 134 cm³/mol. The zero-order chi connectivity index (χ0) is 25.7. The standard InChI is InChI=1S/C17H13FN2O2.C10H19FN2O/c1-2-22-17-6-3-11(9-19-17)15-7-12(10-21)14-5-4-13(18)8-16(14)20-15;1-12-8-2-7(3-8)4-13-5-9(11)10(14)6-13/h3-10H,2H2,1H3;7-10,12,14H,2-6H2,1H3/t;7?,8?,9-,10+/m.0/s1. The number of nitrogens with one attached hydrogen (secondary N) is 1. The Morgan fingerprint density at radius 2 is 2.03 bits per heavy atom. The summed E-state index contributed by atoms with van der Waals surface area (Å²) in [6.07, 6.45) is 2.96. The van der Waals surface area contributed by atoms with Crippen LogP contribution in [0.3, 0.4) is 0 Å². The first-order chi connectivity index (χ1) is 17.4. The molecule has 2 aromatic heterocycles. The van der Waals surface area contributed by atoms with Crippen LogP contribution in [0.4, 0.5) is 8.78 Å². The molecule has 5 rings (SSSR count). The molecule has 1 saturated carbocycles. The van der Waals surface area contributed by atoms with Crippen molar-refractivity contribution in [1.82, 2.24) is 20.2 Å². The number of rotatable bonds is 7. The van der Waals surface area contributed by atoms with Crippen molar-refractivity contribution in [3.8, 4) is 17.1 Å². The zero-order valence-corrected chi connectivity index (χ0v) is 20.5. The van der Waals surface area contributed by atoms with E-state index in [9.17, 15) is 18.7 Å². The largest absolute Gasteiger partial charge is 0.478 e. The van der Waals surface area contributed by atoms with Crippen LogP contribution in [0.15, 0.2) is 42.6 Å². The zero-order valence-electron chi connectivity index (χ0n) is 20.5. The third-order valence-corrected chi connectivity index (χ3v) is 6.71. The fraction of sp³-hybridized carbons (Fsp3) is 0.444. The van der Waals surface area contributed by atoms with Crippen LogP contribution < -0.4 is 10.1 Å². The van der Waals surface area contributed by atoms with Crippen LogP contribution in [-0.2, 0) is 0 Å². The van der Waals surface area contributed by atoms with Gasteiger partial charge in [-0.25, -0.2) is 18.7 Å². The number of β-amino-alcohol motifs (C(OH)–C–C–N with tert-alkyl or cyclic N) is 1. The van der Waals surface area contributed by atoms with Crippen molar-refractivity contribution >= 4 is 17.2 Å². The van der Waals surface area contributed by atoms with E-state index in [0.29, 0.717) is 59.7 Å². The minimum Gasteiger partial charge on any atom is -0.478 e. The highest BCUT2D eigenvalue weighted by molar-refractivity contribution is 5.98. The van der Waals surface area contributed by atoms with Crippen LogP contribution in [0.2, 0.25) is 0 Å². The van der Waals surface area contributed by atoms with Gasteiger partial charge in [0.25, 0.3) is 0 Å². The molecule has 2 fully saturated rings. The maximum Gasteiger partial charge on any atom is 0.213 e. The number of nitrogens with zero attached hydrogens (tertiary/aromatic N) is 3. The van der Waals surface area contributed by atoms with Gasteiger partial charge in [0, 0.05) is 60.5 Å². The number of alkyl halides is 1. The average molecular weight is 499 g/mol. The molecule has 1 aliphatic carbocycles. The van der Waals surface area contributed by atoms with Crippen LogP contribution in [0, 0.1) is 11.7 Å². The Morgan fingerprint density at radius 1 is 1.22 bits per heavy atom. The smallest absolute Gasteiger partial charge is 0.213 e. The molecule has 9 heteroatoms. The van der Waals surface area contributed by atoms with Gasteiger partial charge < -0.3 is 15.2 Å². The lowest BCUT2D eigenvalue weighted by Gasteiger charge is -2.37. The minimum absolute atomic E-state index is 0.390. The third-order valence-electron chi connectivity index (χ3n) is 6.71. The van der Waals surface area contributed by atoms with Crippen LogP contribution in [0.1, 0.15) is 30.1 Å². The minimum atomic E-state index is -1.03. The number of carbonyl (C=O) groups excluding carboxylic acids is 1. The number of carbonyl (C=O) groups is 1. The number of benzene rings is 1. The maximum atomic E-state index is 13.4. The van der Waals surface area contributed by atoms with E-state index in [1.807, 2.05) is 18.9 Å². The van der Waals surface area contributed by atoms with Gasteiger partial charge in [-0.1, -0.05) is 0 Å². The van der Waals surface area contributed by atoms with Gasteiger partial charge in [0.1, 0.15) is 12.0 Å². The molecule has 1 aliphatic heterocycles. The van der Waals surface area contributed by atoms with Crippen molar-refractivity contribution in [2.45, 2.75) is 38.1 Å². The Bertz CT molecular complexity index is 1160. The molecule has 7 nitrogen and oxygen atoms in total. The summed E-state index contributed by atoms with van der Waals surface area (Å²) >= 11 is 0. The second-order valence-electron chi connectivity index (χ2n) is 9.32. The Kier molecular flexibility index (Phi) is 8.56. The molecule has 2 aliphatic rings. The molecule has 3 aromatic rings. The van der Waals surface area contributed by atoms with E-state index in [2.05, 4.69) is 15.3 Å². The van der Waals surface area contributed by atoms with Crippen molar-refractivity contribution in [2.75, 3.05) is 33.3 Å².